The van der Waals surface area contributed by atoms with Gasteiger partial charge in [-0.15, -0.1) is 0 Å². The second-order valence-corrected chi connectivity index (χ2v) is 6.25. The van der Waals surface area contributed by atoms with E-state index in [1.54, 1.807) is 6.07 Å². The van der Waals surface area contributed by atoms with E-state index in [1.165, 1.54) is 6.07 Å². The Morgan fingerprint density at radius 2 is 1.75 bits per heavy atom. The first-order valence-corrected chi connectivity index (χ1v) is 6.79. The standard InChI is InChI=1S/C13H17BClF2NO2/c1-12(2)13(3,4)20-14(19-12)11-8(7-10(16)17)5-6-9(15)18-11/h5-6,10H,7H2,1-4H3. The molecule has 2 heterocycles. The average Bonchev–Trinajstić information content (AvgIpc) is 2.50. The average molecular weight is 304 g/mol. The Kier molecular flexibility index (Phi) is 4.11. The summed E-state index contributed by atoms with van der Waals surface area (Å²) in [6.07, 6.45) is -2.86. The van der Waals surface area contributed by atoms with Gasteiger partial charge in [-0.25, -0.2) is 13.8 Å². The largest absolute Gasteiger partial charge is 0.514 e. The Morgan fingerprint density at radius 1 is 1.20 bits per heavy atom. The molecule has 20 heavy (non-hydrogen) atoms. The molecule has 0 amide bonds. The van der Waals surface area contributed by atoms with Gasteiger partial charge >= 0.3 is 7.12 Å². The van der Waals surface area contributed by atoms with Crippen molar-refractivity contribution in [1.29, 1.82) is 0 Å². The molecule has 7 heteroatoms. The fraction of sp³-hybridized carbons (Fsp3) is 0.615. The maximum absolute atomic E-state index is 12.6. The zero-order valence-corrected chi connectivity index (χ0v) is 12.7. The Morgan fingerprint density at radius 3 is 2.25 bits per heavy atom. The molecule has 1 saturated heterocycles. The molecule has 1 fully saturated rings. The molecule has 2 rings (SSSR count). The summed E-state index contributed by atoms with van der Waals surface area (Å²) in [6.45, 7) is 7.57. The van der Waals surface area contributed by atoms with Crippen LogP contribution in [0.15, 0.2) is 12.1 Å². The second-order valence-electron chi connectivity index (χ2n) is 5.86. The normalized spacial score (nSPS) is 20.7. The lowest BCUT2D eigenvalue weighted by atomic mass is 9.80. The van der Waals surface area contributed by atoms with Crippen LogP contribution in [-0.4, -0.2) is 29.7 Å². The van der Waals surface area contributed by atoms with Gasteiger partial charge in [0.2, 0.25) is 6.43 Å². The van der Waals surface area contributed by atoms with E-state index < -0.39 is 31.2 Å². The highest BCUT2D eigenvalue weighted by Crippen LogP contribution is 2.36. The predicted octanol–water partition coefficient (Wildman–Crippen LogP) is 2.84. The minimum atomic E-state index is -2.46. The van der Waals surface area contributed by atoms with Gasteiger partial charge in [-0.3, -0.25) is 0 Å². The number of hydrogen-bond donors (Lipinski definition) is 0. The SMILES string of the molecule is CC1(C)OB(c2nc(Cl)ccc2CC(F)F)OC1(C)C. The lowest BCUT2D eigenvalue weighted by Gasteiger charge is -2.32. The first-order valence-electron chi connectivity index (χ1n) is 6.41. The summed E-state index contributed by atoms with van der Waals surface area (Å²) in [5.41, 5.74) is -0.382. The highest BCUT2D eigenvalue weighted by molar-refractivity contribution is 6.61. The summed E-state index contributed by atoms with van der Waals surface area (Å²) in [5, 5.41) is 0.229. The van der Waals surface area contributed by atoms with Crippen LogP contribution in [0.2, 0.25) is 5.15 Å². The van der Waals surface area contributed by atoms with Gasteiger partial charge in [-0.2, -0.15) is 0 Å². The topological polar surface area (TPSA) is 31.4 Å². The van der Waals surface area contributed by atoms with Crippen molar-refractivity contribution in [2.45, 2.75) is 51.7 Å². The van der Waals surface area contributed by atoms with Crippen molar-refractivity contribution >= 4 is 24.3 Å². The van der Waals surface area contributed by atoms with Gasteiger partial charge in [0.15, 0.2) is 0 Å². The molecule has 0 N–H and O–H groups in total. The van der Waals surface area contributed by atoms with Crippen molar-refractivity contribution in [2.24, 2.45) is 0 Å². The summed E-state index contributed by atoms with van der Waals surface area (Å²) >= 11 is 5.86. The molecule has 3 nitrogen and oxygen atoms in total. The molecule has 0 spiro atoms. The molecule has 0 radical (unpaired) electrons. The van der Waals surface area contributed by atoms with Crippen LogP contribution in [0.5, 0.6) is 0 Å². The number of rotatable bonds is 3. The van der Waals surface area contributed by atoms with Crippen LogP contribution >= 0.6 is 11.6 Å². The van der Waals surface area contributed by atoms with Crippen LogP contribution in [-0.2, 0) is 15.7 Å². The van der Waals surface area contributed by atoms with Crippen molar-refractivity contribution < 1.29 is 18.1 Å². The quantitative estimate of drug-likeness (QED) is 0.635. The number of aromatic nitrogens is 1. The first kappa shape index (κ1) is 15.7. The van der Waals surface area contributed by atoms with Gasteiger partial charge < -0.3 is 9.31 Å². The second kappa shape index (κ2) is 5.24. The van der Waals surface area contributed by atoms with E-state index in [2.05, 4.69) is 4.98 Å². The molecule has 110 valence electrons. The van der Waals surface area contributed by atoms with Crippen LogP contribution in [0.1, 0.15) is 33.3 Å². The van der Waals surface area contributed by atoms with Gasteiger partial charge in [0.05, 0.1) is 16.8 Å². The molecule has 1 aliphatic rings. The Bertz CT molecular complexity index is 495. The van der Waals surface area contributed by atoms with E-state index in [-0.39, 0.29) is 5.15 Å². The molecule has 0 aromatic carbocycles. The van der Waals surface area contributed by atoms with Gasteiger partial charge in [0.1, 0.15) is 5.15 Å². The van der Waals surface area contributed by atoms with Crippen LogP contribution in [0, 0.1) is 0 Å². The Labute approximate surface area is 122 Å². The molecule has 0 aliphatic carbocycles. The van der Waals surface area contributed by atoms with Gasteiger partial charge in [-0.1, -0.05) is 17.7 Å². The third-order valence-corrected chi connectivity index (χ3v) is 4.04. The third-order valence-electron chi connectivity index (χ3n) is 3.83. The number of alkyl halides is 2. The van der Waals surface area contributed by atoms with E-state index in [0.717, 1.165) is 0 Å². The molecular formula is C13H17BClF2NO2. The summed E-state index contributed by atoms with van der Waals surface area (Å²) in [7, 11) is -0.785. The van der Waals surface area contributed by atoms with Crippen molar-refractivity contribution in [3.63, 3.8) is 0 Å². The molecule has 0 bridgehead atoms. The molecule has 1 aliphatic heterocycles. The number of hydrogen-bond acceptors (Lipinski definition) is 3. The van der Waals surface area contributed by atoms with Crippen molar-refractivity contribution in [3.8, 4) is 0 Å². The minimum absolute atomic E-state index is 0.229. The molecular weight excluding hydrogens is 286 g/mol. The van der Waals surface area contributed by atoms with E-state index in [1.807, 2.05) is 27.7 Å². The number of nitrogens with zero attached hydrogens (tertiary/aromatic N) is 1. The molecule has 1 aromatic rings. The van der Waals surface area contributed by atoms with Crippen LogP contribution < -0.4 is 5.59 Å². The molecule has 1 aromatic heterocycles. The summed E-state index contributed by atoms with van der Waals surface area (Å²) in [5.74, 6) is 0. The van der Waals surface area contributed by atoms with E-state index in [4.69, 9.17) is 20.9 Å². The molecule has 0 saturated carbocycles. The lowest BCUT2D eigenvalue weighted by molar-refractivity contribution is 0.00578. The fourth-order valence-electron chi connectivity index (χ4n) is 1.98. The summed E-state index contributed by atoms with van der Waals surface area (Å²) in [4.78, 5) is 4.12. The first-order chi connectivity index (χ1) is 9.12. The fourth-order valence-corrected chi connectivity index (χ4v) is 2.13. The van der Waals surface area contributed by atoms with Crippen molar-refractivity contribution in [3.05, 3.63) is 22.8 Å². The third kappa shape index (κ3) is 2.97. The van der Waals surface area contributed by atoms with Crippen molar-refractivity contribution in [2.75, 3.05) is 0 Å². The summed E-state index contributed by atoms with van der Waals surface area (Å²) < 4.78 is 37.0. The van der Waals surface area contributed by atoms with Crippen LogP contribution in [0.3, 0.4) is 0 Å². The van der Waals surface area contributed by atoms with Gasteiger partial charge in [0, 0.05) is 6.42 Å². The maximum Gasteiger partial charge on any atom is 0.514 e. The number of halogens is 3. The minimum Gasteiger partial charge on any atom is -0.398 e. The van der Waals surface area contributed by atoms with Crippen LogP contribution in [0.25, 0.3) is 0 Å². The molecule has 0 unspecified atom stereocenters. The van der Waals surface area contributed by atoms with E-state index >= 15 is 0 Å². The highest BCUT2D eigenvalue weighted by atomic mass is 35.5. The highest BCUT2D eigenvalue weighted by Gasteiger charge is 2.53. The monoisotopic (exact) mass is 303 g/mol. The predicted molar refractivity (Wildman–Crippen MR) is 74.7 cm³/mol. The number of pyridine rings is 1. The Hall–Kier alpha value is -0.715. The zero-order chi connectivity index (χ0) is 15.1. The lowest BCUT2D eigenvalue weighted by Crippen LogP contribution is -2.41. The van der Waals surface area contributed by atoms with Crippen LogP contribution in [0.4, 0.5) is 8.78 Å². The Balaban J connectivity index is 2.36. The van der Waals surface area contributed by atoms with E-state index in [9.17, 15) is 8.78 Å². The van der Waals surface area contributed by atoms with E-state index in [0.29, 0.717) is 11.2 Å². The van der Waals surface area contributed by atoms with Crippen molar-refractivity contribution in [1.82, 2.24) is 4.98 Å². The smallest absolute Gasteiger partial charge is 0.398 e. The van der Waals surface area contributed by atoms with Gasteiger partial charge in [-0.05, 0) is 39.3 Å². The maximum atomic E-state index is 12.6. The molecule has 0 atom stereocenters. The summed E-state index contributed by atoms with van der Waals surface area (Å²) in [6, 6.07) is 3.04. The van der Waals surface area contributed by atoms with Gasteiger partial charge in [0.25, 0.3) is 0 Å². The zero-order valence-electron chi connectivity index (χ0n) is 11.9.